The number of nitrogens with zero attached hydrogens (tertiary/aromatic N) is 1. The highest BCUT2D eigenvalue weighted by Gasteiger charge is 2.11. The summed E-state index contributed by atoms with van der Waals surface area (Å²) in [4.78, 5) is 0. The molecule has 0 aliphatic carbocycles. The number of fused-ring (bicyclic) bond motifs is 1. The van der Waals surface area contributed by atoms with Crippen molar-refractivity contribution in [3.63, 3.8) is 0 Å². The smallest absolute Gasteiger partial charge is 0.124 e. The normalized spacial score (nSPS) is 11.0. The van der Waals surface area contributed by atoms with E-state index in [1.54, 1.807) is 6.07 Å². The molecule has 0 saturated carbocycles. The van der Waals surface area contributed by atoms with Crippen molar-refractivity contribution in [1.82, 2.24) is 4.57 Å². The Kier molecular flexibility index (Phi) is 3.72. The van der Waals surface area contributed by atoms with Gasteiger partial charge in [-0.1, -0.05) is 18.2 Å². The summed E-state index contributed by atoms with van der Waals surface area (Å²) in [6, 6.07) is 13.1. The molecule has 0 amide bonds. The maximum atomic E-state index is 13.1. The Labute approximate surface area is 131 Å². The molecule has 4 heteroatoms. The number of hydrogen-bond donors (Lipinski definition) is 1. The maximum Gasteiger partial charge on any atom is 0.124 e. The highest BCUT2D eigenvalue weighted by molar-refractivity contribution is 9.10. The Morgan fingerprint density at radius 3 is 2.67 bits per heavy atom. The van der Waals surface area contributed by atoms with Crippen LogP contribution >= 0.6 is 15.9 Å². The molecule has 108 valence electrons. The number of anilines is 1. The van der Waals surface area contributed by atoms with Gasteiger partial charge in [0.2, 0.25) is 0 Å². The predicted octanol–water partition coefficient (Wildman–Crippen LogP) is 5.00. The molecule has 1 aromatic heterocycles. The average Bonchev–Trinajstić information content (AvgIpc) is 2.71. The molecule has 0 spiro atoms. The van der Waals surface area contributed by atoms with Crippen LogP contribution < -0.4 is 5.32 Å². The predicted molar refractivity (Wildman–Crippen MR) is 89.1 cm³/mol. The summed E-state index contributed by atoms with van der Waals surface area (Å²) in [6.07, 6.45) is 0. The van der Waals surface area contributed by atoms with E-state index in [-0.39, 0.29) is 5.82 Å². The first kappa shape index (κ1) is 14.1. The Hall–Kier alpha value is -1.81. The van der Waals surface area contributed by atoms with Gasteiger partial charge < -0.3 is 9.88 Å². The zero-order chi connectivity index (χ0) is 15.0. The van der Waals surface area contributed by atoms with Crippen LogP contribution in [0, 0.1) is 12.7 Å². The Morgan fingerprint density at radius 2 is 1.95 bits per heavy atom. The molecular weight excluding hydrogens is 331 g/mol. The minimum absolute atomic E-state index is 0.242. The fourth-order valence-corrected chi connectivity index (χ4v) is 3.19. The molecule has 0 atom stereocenters. The molecule has 2 aromatic carbocycles. The number of nitrogens with one attached hydrogen (secondary N) is 1. The van der Waals surface area contributed by atoms with E-state index in [1.165, 1.54) is 34.3 Å². The van der Waals surface area contributed by atoms with Gasteiger partial charge in [0, 0.05) is 33.8 Å². The minimum atomic E-state index is -0.242. The minimum Gasteiger partial charge on any atom is -0.379 e. The van der Waals surface area contributed by atoms with Crippen molar-refractivity contribution in [3.05, 3.63) is 64.0 Å². The third-order valence-electron chi connectivity index (χ3n) is 3.88. The second-order valence-electron chi connectivity index (χ2n) is 5.13. The number of benzene rings is 2. The van der Waals surface area contributed by atoms with Crippen molar-refractivity contribution >= 4 is 32.5 Å². The highest BCUT2D eigenvalue weighted by atomic mass is 79.9. The van der Waals surface area contributed by atoms with Crippen LogP contribution in [0.15, 0.2) is 46.9 Å². The summed E-state index contributed by atoms with van der Waals surface area (Å²) in [5, 5.41) is 4.64. The molecule has 1 heterocycles. The van der Waals surface area contributed by atoms with Gasteiger partial charge in [-0.2, -0.15) is 0 Å². The number of para-hydroxylation sites is 1. The molecule has 1 N–H and O–H groups in total. The number of aromatic nitrogens is 1. The van der Waals surface area contributed by atoms with E-state index in [4.69, 9.17) is 0 Å². The Morgan fingerprint density at radius 1 is 1.19 bits per heavy atom. The molecule has 2 nitrogen and oxygen atoms in total. The zero-order valence-corrected chi connectivity index (χ0v) is 13.5. The van der Waals surface area contributed by atoms with Gasteiger partial charge in [-0.25, -0.2) is 4.39 Å². The van der Waals surface area contributed by atoms with Crippen LogP contribution in [0.5, 0.6) is 0 Å². The largest absolute Gasteiger partial charge is 0.379 e. The lowest BCUT2D eigenvalue weighted by atomic mass is 10.1. The number of hydrogen-bond acceptors (Lipinski definition) is 1. The molecule has 0 aliphatic rings. The standard InChI is InChI=1S/C17H16BrFN2/c1-11-13-5-3-4-6-16(13)21(2)17(11)10-20-15-8-7-12(19)9-14(15)18/h3-9,20H,10H2,1-2H3. The molecule has 0 fully saturated rings. The molecule has 3 aromatic rings. The van der Waals surface area contributed by atoms with Gasteiger partial charge in [-0.05, 0) is 52.7 Å². The summed E-state index contributed by atoms with van der Waals surface area (Å²) in [7, 11) is 2.08. The lowest BCUT2D eigenvalue weighted by Gasteiger charge is -2.11. The first-order chi connectivity index (χ1) is 10.1. The van der Waals surface area contributed by atoms with Crippen LogP contribution in [0.3, 0.4) is 0 Å². The third-order valence-corrected chi connectivity index (χ3v) is 4.54. The van der Waals surface area contributed by atoms with Crippen molar-refractivity contribution in [3.8, 4) is 0 Å². The quantitative estimate of drug-likeness (QED) is 0.706. The van der Waals surface area contributed by atoms with Crippen molar-refractivity contribution in [2.75, 3.05) is 5.32 Å². The lowest BCUT2D eigenvalue weighted by molar-refractivity contribution is 0.627. The Bertz CT molecular complexity index is 769. The first-order valence-electron chi connectivity index (χ1n) is 6.79. The van der Waals surface area contributed by atoms with Crippen molar-refractivity contribution < 1.29 is 4.39 Å². The zero-order valence-electron chi connectivity index (χ0n) is 12.0. The van der Waals surface area contributed by atoms with E-state index in [0.29, 0.717) is 6.54 Å². The van der Waals surface area contributed by atoms with Crippen LogP contribution in [0.1, 0.15) is 11.3 Å². The molecular formula is C17H16BrFN2. The molecule has 21 heavy (non-hydrogen) atoms. The summed E-state index contributed by atoms with van der Waals surface area (Å²) in [5.41, 5.74) is 4.62. The average molecular weight is 347 g/mol. The van der Waals surface area contributed by atoms with Gasteiger partial charge in [0.05, 0.1) is 6.54 Å². The van der Waals surface area contributed by atoms with E-state index in [9.17, 15) is 4.39 Å². The molecule has 0 saturated heterocycles. The number of halogens is 2. The monoisotopic (exact) mass is 346 g/mol. The van der Waals surface area contributed by atoms with Gasteiger partial charge in [-0.3, -0.25) is 0 Å². The van der Waals surface area contributed by atoms with Crippen LogP contribution in [0.2, 0.25) is 0 Å². The van der Waals surface area contributed by atoms with Gasteiger partial charge in [0.1, 0.15) is 5.82 Å². The van der Waals surface area contributed by atoms with Gasteiger partial charge >= 0.3 is 0 Å². The highest BCUT2D eigenvalue weighted by Crippen LogP contribution is 2.27. The van der Waals surface area contributed by atoms with E-state index >= 15 is 0 Å². The summed E-state index contributed by atoms with van der Waals surface area (Å²) in [5.74, 6) is -0.242. The van der Waals surface area contributed by atoms with E-state index in [0.717, 1.165) is 10.2 Å². The molecule has 3 rings (SSSR count). The summed E-state index contributed by atoms with van der Waals surface area (Å²) >= 11 is 3.38. The van der Waals surface area contributed by atoms with Crippen LogP contribution in [0.25, 0.3) is 10.9 Å². The summed E-state index contributed by atoms with van der Waals surface area (Å²) in [6.45, 7) is 2.83. The lowest BCUT2D eigenvalue weighted by Crippen LogP contribution is -2.06. The molecule has 0 bridgehead atoms. The molecule has 0 radical (unpaired) electrons. The van der Waals surface area contributed by atoms with Crippen molar-refractivity contribution in [2.45, 2.75) is 13.5 Å². The first-order valence-corrected chi connectivity index (χ1v) is 7.59. The fraction of sp³-hybridized carbons (Fsp3) is 0.176. The molecule has 0 unspecified atom stereocenters. The second kappa shape index (κ2) is 5.53. The Balaban J connectivity index is 1.92. The van der Waals surface area contributed by atoms with E-state index in [1.807, 2.05) is 0 Å². The van der Waals surface area contributed by atoms with Crippen LogP contribution in [0.4, 0.5) is 10.1 Å². The second-order valence-corrected chi connectivity index (χ2v) is 5.98. The third kappa shape index (κ3) is 2.56. The topological polar surface area (TPSA) is 17.0 Å². The summed E-state index contributed by atoms with van der Waals surface area (Å²) < 4.78 is 16.1. The van der Waals surface area contributed by atoms with Crippen molar-refractivity contribution in [2.24, 2.45) is 7.05 Å². The number of rotatable bonds is 3. The maximum absolute atomic E-state index is 13.1. The fourth-order valence-electron chi connectivity index (χ4n) is 2.70. The van der Waals surface area contributed by atoms with Crippen LogP contribution in [-0.4, -0.2) is 4.57 Å². The number of aryl methyl sites for hydroxylation is 2. The van der Waals surface area contributed by atoms with Crippen molar-refractivity contribution in [1.29, 1.82) is 0 Å². The van der Waals surface area contributed by atoms with Gasteiger partial charge in [-0.15, -0.1) is 0 Å². The van der Waals surface area contributed by atoms with Crippen LogP contribution in [-0.2, 0) is 13.6 Å². The van der Waals surface area contributed by atoms with Gasteiger partial charge in [0.15, 0.2) is 0 Å². The molecule has 0 aliphatic heterocycles. The van der Waals surface area contributed by atoms with E-state index < -0.39 is 0 Å². The van der Waals surface area contributed by atoms with Gasteiger partial charge in [0.25, 0.3) is 0 Å². The SMILES string of the molecule is Cc1c(CNc2ccc(F)cc2Br)n(C)c2ccccc12. The van der Waals surface area contributed by atoms with E-state index in [2.05, 4.69) is 64.1 Å².